The van der Waals surface area contributed by atoms with Gasteiger partial charge in [-0.3, -0.25) is 4.79 Å². The molecule has 1 aliphatic carbocycles. The zero-order chi connectivity index (χ0) is 26.7. The van der Waals surface area contributed by atoms with Gasteiger partial charge in [0.25, 0.3) is 15.9 Å². The second kappa shape index (κ2) is 10.5. The fourth-order valence-corrected chi connectivity index (χ4v) is 5.03. The second-order valence-electron chi connectivity index (χ2n) is 8.71. The SMILES string of the molecule is Cc1c(C(=O)Nc2ccc(Oc3ccccc3)cc2)oc2c1/C(=N/NS(=O)(=O)c1ccc(F)cc1)CCC2. The van der Waals surface area contributed by atoms with E-state index in [1.807, 2.05) is 30.3 Å². The first-order valence-electron chi connectivity index (χ1n) is 11.9. The molecule has 0 fully saturated rings. The van der Waals surface area contributed by atoms with E-state index in [1.54, 1.807) is 31.2 Å². The highest BCUT2D eigenvalue weighted by molar-refractivity contribution is 7.89. The Hall–Kier alpha value is -4.44. The van der Waals surface area contributed by atoms with Gasteiger partial charge in [-0.05, 0) is 80.4 Å². The highest BCUT2D eigenvalue weighted by atomic mass is 32.2. The lowest BCUT2D eigenvalue weighted by Gasteiger charge is -2.14. The lowest BCUT2D eigenvalue weighted by molar-refractivity contribution is 0.0994. The van der Waals surface area contributed by atoms with Gasteiger partial charge in [-0.1, -0.05) is 18.2 Å². The molecule has 1 amide bonds. The maximum Gasteiger partial charge on any atom is 0.291 e. The molecule has 2 N–H and O–H groups in total. The first-order valence-corrected chi connectivity index (χ1v) is 13.4. The largest absolute Gasteiger partial charge is 0.457 e. The summed E-state index contributed by atoms with van der Waals surface area (Å²) in [6, 6.07) is 20.8. The molecule has 0 saturated heterocycles. The molecule has 0 saturated carbocycles. The van der Waals surface area contributed by atoms with Gasteiger partial charge in [0.2, 0.25) is 0 Å². The number of hydrazone groups is 1. The number of nitrogens with zero attached hydrogens (tertiary/aromatic N) is 1. The van der Waals surface area contributed by atoms with Gasteiger partial charge in [0, 0.05) is 23.2 Å². The van der Waals surface area contributed by atoms with Crippen LogP contribution in [0.2, 0.25) is 0 Å². The molecule has 4 aromatic rings. The van der Waals surface area contributed by atoms with Crippen molar-refractivity contribution in [1.29, 1.82) is 0 Å². The molecule has 8 nitrogen and oxygen atoms in total. The van der Waals surface area contributed by atoms with Gasteiger partial charge in [0.1, 0.15) is 23.1 Å². The summed E-state index contributed by atoms with van der Waals surface area (Å²) < 4.78 is 50.0. The molecular formula is C28H24FN3O5S. The van der Waals surface area contributed by atoms with E-state index < -0.39 is 21.7 Å². The Bertz CT molecular complexity index is 1600. The van der Waals surface area contributed by atoms with Crippen molar-refractivity contribution < 1.29 is 26.8 Å². The van der Waals surface area contributed by atoms with Gasteiger partial charge in [-0.25, -0.2) is 4.39 Å². The predicted molar refractivity (Wildman–Crippen MR) is 141 cm³/mol. The molecule has 0 bridgehead atoms. The van der Waals surface area contributed by atoms with Crippen LogP contribution in [-0.4, -0.2) is 20.0 Å². The lowest BCUT2D eigenvalue weighted by atomic mass is 9.93. The second-order valence-corrected chi connectivity index (χ2v) is 10.4. The highest BCUT2D eigenvalue weighted by Crippen LogP contribution is 2.31. The number of carbonyl (C=O) groups excluding carboxylic acids is 1. The molecular weight excluding hydrogens is 509 g/mol. The fourth-order valence-electron chi connectivity index (χ4n) is 4.20. The number of para-hydroxylation sites is 1. The minimum absolute atomic E-state index is 0.108. The fraction of sp³-hybridized carbons (Fsp3) is 0.143. The summed E-state index contributed by atoms with van der Waals surface area (Å²) in [6.07, 6.45) is 1.78. The third-order valence-corrected chi connectivity index (χ3v) is 7.27. The van der Waals surface area contributed by atoms with Crippen molar-refractivity contribution in [3.63, 3.8) is 0 Å². The average Bonchev–Trinajstić information content (AvgIpc) is 3.26. The molecule has 3 aromatic carbocycles. The van der Waals surface area contributed by atoms with Crippen LogP contribution >= 0.6 is 0 Å². The van der Waals surface area contributed by atoms with E-state index in [9.17, 15) is 17.6 Å². The molecule has 1 aliphatic rings. The molecule has 0 radical (unpaired) electrons. The summed E-state index contributed by atoms with van der Waals surface area (Å²) >= 11 is 0. The van der Waals surface area contributed by atoms with Crippen LogP contribution in [0.15, 0.2) is 93.3 Å². The van der Waals surface area contributed by atoms with E-state index in [0.717, 1.165) is 24.3 Å². The van der Waals surface area contributed by atoms with Crippen LogP contribution in [0.5, 0.6) is 11.5 Å². The maximum absolute atomic E-state index is 13.2. The Kier molecular flexibility index (Phi) is 6.97. The predicted octanol–water partition coefficient (Wildman–Crippen LogP) is 5.79. The number of furan rings is 1. The summed E-state index contributed by atoms with van der Waals surface area (Å²) in [5, 5.41) is 6.96. The monoisotopic (exact) mass is 533 g/mol. The number of halogens is 1. The van der Waals surface area contributed by atoms with E-state index in [2.05, 4.69) is 15.2 Å². The van der Waals surface area contributed by atoms with Crippen LogP contribution in [0, 0.1) is 12.7 Å². The number of amides is 1. The van der Waals surface area contributed by atoms with Crippen LogP contribution < -0.4 is 14.9 Å². The maximum atomic E-state index is 13.2. The first kappa shape index (κ1) is 25.2. The molecule has 38 heavy (non-hydrogen) atoms. The molecule has 0 spiro atoms. The Balaban J connectivity index is 1.31. The molecule has 5 rings (SSSR count). The zero-order valence-electron chi connectivity index (χ0n) is 20.4. The van der Waals surface area contributed by atoms with Gasteiger partial charge in [0.15, 0.2) is 5.76 Å². The van der Waals surface area contributed by atoms with Crippen LogP contribution in [0.4, 0.5) is 10.1 Å². The third kappa shape index (κ3) is 5.45. The quantitative estimate of drug-likeness (QED) is 0.292. The van der Waals surface area contributed by atoms with Gasteiger partial charge in [0.05, 0.1) is 10.6 Å². The van der Waals surface area contributed by atoms with Crippen molar-refractivity contribution in [2.75, 3.05) is 5.32 Å². The number of anilines is 1. The Morgan fingerprint density at radius 2 is 1.63 bits per heavy atom. The van der Waals surface area contributed by atoms with Crippen LogP contribution in [-0.2, 0) is 16.4 Å². The standard InChI is InChI=1S/C28H24FN3O5S/c1-18-26-24(31-32-38(34,35)23-16-10-19(29)11-17-23)8-5-9-25(26)37-27(18)28(33)30-20-12-14-22(15-13-20)36-21-6-3-2-4-7-21/h2-4,6-7,10-17,32H,5,8-9H2,1H3,(H,30,33)/b31-24+. The number of benzene rings is 3. The van der Waals surface area contributed by atoms with E-state index in [-0.39, 0.29) is 10.7 Å². The molecule has 0 aliphatic heterocycles. The van der Waals surface area contributed by atoms with Crippen LogP contribution in [0.1, 0.15) is 40.3 Å². The minimum Gasteiger partial charge on any atom is -0.457 e. The number of carbonyl (C=O) groups is 1. The van der Waals surface area contributed by atoms with Crippen molar-refractivity contribution >= 4 is 27.3 Å². The average molecular weight is 534 g/mol. The molecule has 194 valence electrons. The number of sulfonamides is 1. The number of aryl methyl sites for hydroxylation is 1. The van der Waals surface area contributed by atoms with Gasteiger partial charge >= 0.3 is 0 Å². The first-order chi connectivity index (χ1) is 18.3. The Morgan fingerprint density at radius 3 is 2.34 bits per heavy atom. The highest BCUT2D eigenvalue weighted by Gasteiger charge is 2.28. The van der Waals surface area contributed by atoms with E-state index in [0.29, 0.717) is 59.0 Å². The lowest BCUT2D eigenvalue weighted by Crippen LogP contribution is -2.22. The van der Waals surface area contributed by atoms with E-state index in [1.165, 1.54) is 0 Å². The normalized spacial score (nSPS) is 14.1. The molecule has 1 heterocycles. The molecule has 0 atom stereocenters. The number of hydrogen-bond donors (Lipinski definition) is 2. The number of rotatable bonds is 7. The molecule has 1 aromatic heterocycles. The van der Waals surface area contributed by atoms with Crippen molar-refractivity contribution in [2.24, 2.45) is 5.10 Å². The topological polar surface area (TPSA) is 110 Å². The smallest absolute Gasteiger partial charge is 0.291 e. The molecule has 0 unspecified atom stereocenters. The Labute approximate surface area is 219 Å². The van der Waals surface area contributed by atoms with Crippen molar-refractivity contribution in [3.8, 4) is 11.5 Å². The Morgan fingerprint density at radius 1 is 0.947 bits per heavy atom. The number of hydrogen-bond acceptors (Lipinski definition) is 6. The summed E-state index contributed by atoms with van der Waals surface area (Å²) in [4.78, 5) is 15.2. The number of ether oxygens (including phenoxy) is 1. The van der Waals surface area contributed by atoms with Crippen molar-refractivity contribution in [2.45, 2.75) is 31.1 Å². The number of fused-ring (bicyclic) bond motifs is 1. The zero-order valence-corrected chi connectivity index (χ0v) is 21.2. The van der Waals surface area contributed by atoms with Crippen molar-refractivity contribution in [3.05, 3.63) is 107 Å². The van der Waals surface area contributed by atoms with Gasteiger partial charge < -0.3 is 14.5 Å². The molecule has 10 heteroatoms. The summed E-state index contributed by atoms with van der Waals surface area (Å²) in [7, 11) is -3.99. The van der Waals surface area contributed by atoms with E-state index in [4.69, 9.17) is 9.15 Å². The van der Waals surface area contributed by atoms with Gasteiger partial charge in [-0.2, -0.15) is 18.4 Å². The minimum atomic E-state index is -3.99. The summed E-state index contributed by atoms with van der Waals surface area (Å²) in [5.41, 5.74) is 2.22. The van der Waals surface area contributed by atoms with Crippen LogP contribution in [0.25, 0.3) is 0 Å². The van der Waals surface area contributed by atoms with E-state index >= 15 is 0 Å². The van der Waals surface area contributed by atoms with Crippen molar-refractivity contribution in [1.82, 2.24) is 4.83 Å². The summed E-state index contributed by atoms with van der Waals surface area (Å²) in [5.74, 6) is 1.07. The van der Waals surface area contributed by atoms with Crippen LogP contribution in [0.3, 0.4) is 0 Å². The third-order valence-electron chi connectivity index (χ3n) is 6.05. The number of nitrogens with one attached hydrogen (secondary N) is 2. The summed E-state index contributed by atoms with van der Waals surface area (Å²) in [6.45, 7) is 1.74. The van der Waals surface area contributed by atoms with Gasteiger partial charge in [-0.15, -0.1) is 0 Å².